The maximum atomic E-state index is 9.93. The van der Waals surface area contributed by atoms with Gasteiger partial charge in [0.25, 0.3) is 0 Å². The third kappa shape index (κ3) is 2.97. The van der Waals surface area contributed by atoms with Gasteiger partial charge in [0.15, 0.2) is 0 Å². The van der Waals surface area contributed by atoms with E-state index >= 15 is 0 Å². The quantitative estimate of drug-likeness (QED) is 0.753. The molecule has 0 radical (unpaired) electrons. The van der Waals surface area contributed by atoms with Crippen LogP contribution in [-0.2, 0) is 13.0 Å². The van der Waals surface area contributed by atoms with Crippen molar-refractivity contribution in [2.24, 2.45) is 0 Å². The van der Waals surface area contributed by atoms with E-state index in [1.807, 2.05) is 12.3 Å². The molecule has 5 heteroatoms. The molecule has 1 fully saturated rings. The lowest BCUT2D eigenvalue weighted by Crippen LogP contribution is -2.36. The molecule has 3 heterocycles. The van der Waals surface area contributed by atoms with Gasteiger partial charge in [-0.05, 0) is 43.4 Å². The molecular weight excluding hydrogens is 324 g/mol. The number of aliphatic hydroxyl groups is 1. The predicted molar refractivity (Wildman–Crippen MR) is 105 cm³/mol. The largest absolute Gasteiger partial charge is 0.392 e. The Kier molecular flexibility index (Phi) is 4.64. The minimum Gasteiger partial charge on any atom is -0.392 e. The molecule has 0 saturated carbocycles. The van der Waals surface area contributed by atoms with Gasteiger partial charge in [-0.2, -0.15) is 5.10 Å². The van der Waals surface area contributed by atoms with Gasteiger partial charge in [-0.25, -0.2) is 4.98 Å². The Labute approximate surface area is 154 Å². The second kappa shape index (κ2) is 7.08. The number of nitrogens with one attached hydrogen (secondary N) is 1. The van der Waals surface area contributed by atoms with Crippen LogP contribution in [0.15, 0.2) is 30.5 Å². The molecule has 0 spiro atoms. The van der Waals surface area contributed by atoms with Gasteiger partial charge < -0.3 is 10.0 Å². The maximum absolute atomic E-state index is 9.93. The molecule has 1 atom stereocenters. The summed E-state index contributed by atoms with van der Waals surface area (Å²) in [6, 6.07) is 8.29. The van der Waals surface area contributed by atoms with Gasteiger partial charge in [-0.3, -0.25) is 5.10 Å². The van der Waals surface area contributed by atoms with Crippen LogP contribution in [-0.4, -0.2) is 33.4 Å². The summed E-state index contributed by atoms with van der Waals surface area (Å²) in [4.78, 5) is 7.31. The minimum atomic E-state index is 0.0116. The van der Waals surface area contributed by atoms with Crippen molar-refractivity contribution in [3.8, 4) is 0 Å². The van der Waals surface area contributed by atoms with Gasteiger partial charge in [0.1, 0.15) is 5.82 Å². The van der Waals surface area contributed by atoms with Gasteiger partial charge in [-0.1, -0.05) is 25.1 Å². The van der Waals surface area contributed by atoms with Gasteiger partial charge in [0.05, 0.1) is 18.3 Å². The SMILES string of the molecule is CCc1cn[nH]c1[C@@H]1CCCN(c2nc3c(C)cccc3cc2CO)C1. The Morgan fingerprint density at radius 2 is 2.19 bits per heavy atom. The van der Waals surface area contributed by atoms with Crippen LogP contribution in [0.4, 0.5) is 5.82 Å². The number of H-pyrrole nitrogens is 1. The molecule has 1 aliphatic rings. The summed E-state index contributed by atoms with van der Waals surface area (Å²) in [5.41, 5.74) is 5.67. The highest BCUT2D eigenvalue weighted by atomic mass is 16.3. The average molecular weight is 350 g/mol. The molecule has 3 aromatic rings. The molecule has 136 valence electrons. The number of benzene rings is 1. The fraction of sp³-hybridized carbons (Fsp3) is 0.429. The molecule has 0 bridgehead atoms. The van der Waals surface area contributed by atoms with E-state index in [1.54, 1.807) is 0 Å². The average Bonchev–Trinajstić information content (AvgIpc) is 3.16. The van der Waals surface area contributed by atoms with Crippen molar-refractivity contribution < 1.29 is 5.11 Å². The molecule has 0 unspecified atom stereocenters. The Hall–Kier alpha value is -2.40. The van der Waals surface area contributed by atoms with Crippen LogP contribution in [0.2, 0.25) is 0 Å². The molecule has 0 amide bonds. The monoisotopic (exact) mass is 350 g/mol. The Bertz CT molecular complexity index is 918. The molecule has 1 saturated heterocycles. The van der Waals surface area contributed by atoms with Crippen LogP contribution in [0.1, 0.15) is 48.1 Å². The van der Waals surface area contributed by atoms with Gasteiger partial charge >= 0.3 is 0 Å². The highest BCUT2D eigenvalue weighted by molar-refractivity contribution is 5.84. The summed E-state index contributed by atoms with van der Waals surface area (Å²) in [5, 5.41) is 18.5. The van der Waals surface area contributed by atoms with Gasteiger partial charge in [0, 0.05) is 35.7 Å². The number of aliphatic hydroxyl groups excluding tert-OH is 1. The van der Waals surface area contributed by atoms with Crippen LogP contribution in [0, 0.1) is 6.92 Å². The van der Waals surface area contributed by atoms with Crippen LogP contribution < -0.4 is 4.90 Å². The zero-order valence-electron chi connectivity index (χ0n) is 15.5. The second-order valence-corrected chi connectivity index (χ2v) is 7.22. The number of nitrogens with zero attached hydrogens (tertiary/aromatic N) is 3. The molecule has 2 N–H and O–H groups in total. The van der Waals surface area contributed by atoms with E-state index in [9.17, 15) is 5.11 Å². The van der Waals surface area contributed by atoms with E-state index in [2.05, 4.69) is 47.1 Å². The standard InChI is InChI=1S/C21H26N4O/c1-3-15-11-22-24-20(15)17-8-5-9-25(12-17)21-18(13-26)10-16-7-4-6-14(2)19(16)23-21/h4,6-7,10-11,17,26H,3,5,8-9,12-13H2,1-2H3,(H,22,24)/t17-/m1/s1. The lowest BCUT2D eigenvalue weighted by molar-refractivity contribution is 0.281. The van der Waals surface area contributed by atoms with Crippen LogP contribution in [0.3, 0.4) is 0 Å². The number of aromatic nitrogens is 3. The highest BCUT2D eigenvalue weighted by Crippen LogP contribution is 2.33. The Morgan fingerprint density at radius 1 is 1.31 bits per heavy atom. The fourth-order valence-electron chi connectivity index (χ4n) is 4.13. The molecule has 1 aromatic carbocycles. The molecule has 26 heavy (non-hydrogen) atoms. The third-order valence-electron chi connectivity index (χ3n) is 5.54. The Morgan fingerprint density at radius 3 is 3.00 bits per heavy atom. The van der Waals surface area contributed by atoms with Crippen molar-refractivity contribution in [2.45, 2.75) is 45.6 Å². The highest BCUT2D eigenvalue weighted by Gasteiger charge is 2.26. The van der Waals surface area contributed by atoms with Crippen molar-refractivity contribution in [2.75, 3.05) is 18.0 Å². The number of pyridine rings is 1. The van der Waals surface area contributed by atoms with Crippen LogP contribution in [0.5, 0.6) is 0 Å². The summed E-state index contributed by atoms with van der Waals surface area (Å²) in [6.07, 6.45) is 5.22. The summed E-state index contributed by atoms with van der Waals surface area (Å²) in [7, 11) is 0. The first-order valence-corrected chi connectivity index (χ1v) is 9.48. The molecule has 0 aliphatic carbocycles. The predicted octanol–water partition coefficient (Wildman–Crippen LogP) is 3.71. The molecule has 4 rings (SSSR count). The zero-order chi connectivity index (χ0) is 18.1. The topological polar surface area (TPSA) is 65.0 Å². The number of aryl methyl sites for hydroxylation is 2. The fourth-order valence-corrected chi connectivity index (χ4v) is 4.13. The maximum Gasteiger partial charge on any atom is 0.134 e. The van der Waals surface area contributed by atoms with Crippen molar-refractivity contribution >= 4 is 16.7 Å². The first kappa shape index (κ1) is 17.0. The number of para-hydroxylation sites is 1. The molecule has 5 nitrogen and oxygen atoms in total. The summed E-state index contributed by atoms with van der Waals surface area (Å²) < 4.78 is 0. The number of hydrogen-bond acceptors (Lipinski definition) is 4. The molecular formula is C21H26N4O. The van der Waals surface area contributed by atoms with E-state index in [0.717, 1.165) is 54.6 Å². The van der Waals surface area contributed by atoms with E-state index in [0.29, 0.717) is 5.92 Å². The van der Waals surface area contributed by atoms with E-state index in [4.69, 9.17) is 4.98 Å². The number of anilines is 1. The molecule has 1 aliphatic heterocycles. The first-order chi connectivity index (χ1) is 12.7. The number of fused-ring (bicyclic) bond motifs is 1. The van der Waals surface area contributed by atoms with Crippen molar-refractivity contribution in [3.05, 3.63) is 52.8 Å². The summed E-state index contributed by atoms with van der Waals surface area (Å²) >= 11 is 0. The number of aromatic amines is 1. The van der Waals surface area contributed by atoms with Crippen molar-refractivity contribution in [3.63, 3.8) is 0 Å². The zero-order valence-corrected chi connectivity index (χ0v) is 15.5. The van der Waals surface area contributed by atoms with Crippen LogP contribution >= 0.6 is 0 Å². The van der Waals surface area contributed by atoms with Gasteiger partial charge in [0.2, 0.25) is 0 Å². The Balaban J connectivity index is 1.71. The third-order valence-corrected chi connectivity index (χ3v) is 5.54. The second-order valence-electron chi connectivity index (χ2n) is 7.22. The van der Waals surface area contributed by atoms with Crippen LogP contribution in [0.25, 0.3) is 10.9 Å². The number of hydrogen-bond donors (Lipinski definition) is 2. The van der Waals surface area contributed by atoms with E-state index < -0.39 is 0 Å². The lowest BCUT2D eigenvalue weighted by Gasteiger charge is -2.34. The molecule has 2 aromatic heterocycles. The lowest BCUT2D eigenvalue weighted by atomic mass is 9.91. The van der Waals surface area contributed by atoms with Crippen molar-refractivity contribution in [1.82, 2.24) is 15.2 Å². The van der Waals surface area contributed by atoms with Gasteiger partial charge in [-0.15, -0.1) is 0 Å². The first-order valence-electron chi connectivity index (χ1n) is 9.48. The minimum absolute atomic E-state index is 0.0116. The number of piperidine rings is 1. The summed E-state index contributed by atoms with van der Waals surface area (Å²) in [6.45, 7) is 6.16. The van der Waals surface area contributed by atoms with E-state index in [-0.39, 0.29) is 6.61 Å². The smallest absolute Gasteiger partial charge is 0.134 e. The van der Waals surface area contributed by atoms with Crippen molar-refractivity contribution in [1.29, 1.82) is 0 Å². The summed E-state index contributed by atoms with van der Waals surface area (Å²) in [5.74, 6) is 1.36. The number of rotatable bonds is 4. The van der Waals surface area contributed by atoms with E-state index in [1.165, 1.54) is 16.8 Å². The normalized spacial score (nSPS) is 17.8.